The van der Waals surface area contributed by atoms with Crippen molar-refractivity contribution in [1.82, 2.24) is 19.7 Å². The van der Waals surface area contributed by atoms with Crippen LogP contribution in [0.15, 0.2) is 48.2 Å². The van der Waals surface area contributed by atoms with Gasteiger partial charge in [0.1, 0.15) is 24.0 Å². The Morgan fingerprint density at radius 3 is 2.94 bits per heavy atom. The molecule has 3 N–H and O–H groups in total. The largest absolute Gasteiger partial charge is 0.491 e. The number of aromatic nitrogens is 4. The maximum absolute atomic E-state index is 13.2. The lowest BCUT2D eigenvalue weighted by Crippen LogP contribution is -2.08. The SMILES string of the molecule is COCCOc1ccc2c(c1)C=C(C(=O)c1cnn(-c3ccc4nc(C)[nH]c4c3)c1N)C2. The van der Waals surface area contributed by atoms with Crippen LogP contribution in [0.25, 0.3) is 22.8 Å². The number of methoxy groups -OCH3 is 1. The summed E-state index contributed by atoms with van der Waals surface area (Å²) in [6.45, 7) is 2.90. The van der Waals surface area contributed by atoms with Crippen molar-refractivity contribution in [1.29, 1.82) is 0 Å². The van der Waals surface area contributed by atoms with Crippen molar-refractivity contribution in [2.45, 2.75) is 13.3 Å². The summed E-state index contributed by atoms with van der Waals surface area (Å²) in [6.07, 6.45) is 3.98. The number of aryl methyl sites for hydroxylation is 1. The number of nitrogen functional groups attached to an aromatic ring is 1. The van der Waals surface area contributed by atoms with Crippen LogP contribution in [-0.2, 0) is 11.2 Å². The molecule has 8 heteroatoms. The predicted molar refractivity (Wildman–Crippen MR) is 122 cm³/mol. The molecule has 4 aromatic rings. The number of aromatic amines is 1. The molecule has 0 unspecified atom stereocenters. The number of hydrogen-bond donors (Lipinski definition) is 2. The van der Waals surface area contributed by atoms with Crippen molar-refractivity contribution >= 4 is 28.7 Å². The summed E-state index contributed by atoms with van der Waals surface area (Å²) in [7, 11) is 1.64. The first-order valence-electron chi connectivity index (χ1n) is 10.3. The van der Waals surface area contributed by atoms with Crippen molar-refractivity contribution in [3.8, 4) is 11.4 Å². The number of benzene rings is 2. The van der Waals surface area contributed by atoms with Crippen LogP contribution >= 0.6 is 0 Å². The van der Waals surface area contributed by atoms with Crippen LogP contribution in [0.3, 0.4) is 0 Å². The minimum Gasteiger partial charge on any atom is -0.491 e. The highest BCUT2D eigenvalue weighted by Gasteiger charge is 2.24. The van der Waals surface area contributed by atoms with Crippen LogP contribution in [0.2, 0.25) is 0 Å². The number of carbonyl (C=O) groups is 1. The van der Waals surface area contributed by atoms with Gasteiger partial charge in [0, 0.05) is 19.1 Å². The lowest BCUT2D eigenvalue weighted by molar-refractivity contribution is 0.103. The molecule has 0 radical (unpaired) electrons. The molecule has 8 nitrogen and oxygen atoms in total. The molecule has 2 aromatic carbocycles. The number of hydrogen-bond acceptors (Lipinski definition) is 6. The molecular formula is C24H23N5O3. The molecule has 162 valence electrons. The van der Waals surface area contributed by atoms with E-state index in [1.54, 1.807) is 11.8 Å². The third kappa shape index (κ3) is 3.54. The smallest absolute Gasteiger partial charge is 0.194 e. The molecule has 0 fully saturated rings. The van der Waals surface area contributed by atoms with Gasteiger partial charge in [-0.05, 0) is 54.5 Å². The number of nitrogens with two attached hydrogens (primary N) is 1. The van der Waals surface area contributed by atoms with E-state index in [0.29, 0.717) is 36.6 Å². The van der Waals surface area contributed by atoms with Crippen LogP contribution in [0.5, 0.6) is 5.75 Å². The molecule has 0 amide bonds. The molecule has 0 bridgehead atoms. The van der Waals surface area contributed by atoms with Crippen LogP contribution < -0.4 is 10.5 Å². The average Bonchev–Trinajstić information content (AvgIpc) is 3.48. The molecule has 32 heavy (non-hydrogen) atoms. The molecule has 2 aromatic heterocycles. The van der Waals surface area contributed by atoms with E-state index in [1.807, 2.05) is 49.4 Å². The van der Waals surface area contributed by atoms with Gasteiger partial charge in [0.25, 0.3) is 0 Å². The number of H-pyrrole nitrogens is 1. The molecule has 0 spiro atoms. The number of nitrogens with one attached hydrogen (secondary N) is 1. The van der Waals surface area contributed by atoms with Gasteiger partial charge in [-0.25, -0.2) is 9.67 Å². The summed E-state index contributed by atoms with van der Waals surface area (Å²) in [6, 6.07) is 11.6. The molecule has 1 aliphatic carbocycles. The number of rotatable bonds is 7. The van der Waals surface area contributed by atoms with E-state index in [2.05, 4.69) is 15.1 Å². The fourth-order valence-corrected chi connectivity index (χ4v) is 3.96. The maximum Gasteiger partial charge on any atom is 0.194 e. The molecular weight excluding hydrogens is 406 g/mol. The number of ketones is 1. The van der Waals surface area contributed by atoms with Gasteiger partial charge >= 0.3 is 0 Å². The highest BCUT2D eigenvalue weighted by molar-refractivity contribution is 6.15. The van der Waals surface area contributed by atoms with Crippen molar-refractivity contribution in [2.75, 3.05) is 26.1 Å². The quantitative estimate of drug-likeness (QED) is 0.344. The molecule has 0 saturated carbocycles. The number of carbonyl (C=O) groups excluding carboxylic acids is 1. The van der Waals surface area contributed by atoms with Gasteiger partial charge in [-0.2, -0.15) is 5.10 Å². The Hall–Kier alpha value is -3.91. The molecule has 0 aliphatic heterocycles. The third-order valence-corrected chi connectivity index (χ3v) is 5.56. The Morgan fingerprint density at radius 1 is 1.22 bits per heavy atom. The standard InChI is InChI=1S/C24H23N5O3/c1-14-27-21-6-4-18(12-22(21)28-14)29-24(25)20(13-26-29)23(30)17-9-15-3-5-19(11-16(15)10-17)32-8-7-31-2/h3-6,10-13H,7-9,25H2,1-2H3,(H,27,28). The number of nitrogens with zero attached hydrogens (tertiary/aromatic N) is 3. The maximum atomic E-state index is 13.2. The van der Waals surface area contributed by atoms with Gasteiger partial charge in [0.05, 0.1) is 35.1 Å². The first-order valence-corrected chi connectivity index (χ1v) is 10.3. The monoisotopic (exact) mass is 429 g/mol. The molecule has 1 aliphatic rings. The van der Waals surface area contributed by atoms with Crippen molar-refractivity contribution in [2.24, 2.45) is 0 Å². The van der Waals surface area contributed by atoms with Crippen LogP contribution in [0, 0.1) is 6.92 Å². The fraction of sp³-hybridized carbons (Fsp3) is 0.208. The summed E-state index contributed by atoms with van der Waals surface area (Å²) in [4.78, 5) is 20.8. The second kappa shape index (κ2) is 7.97. The van der Waals surface area contributed by atoms with Gasteiger partial charge in [0.2, 0.25) is 0 Å². The van der Waals surface area contributed by atoms with E-state index in [1.165, 1.54) is 6.20 Å². The Kier molecular flexibility index (Phi) is 4.99. The number of allylic oxidation sites excluding steroid dienone is 1. The van der Waals surface area contributed by atoms with Crippen LogP contribution in [0.1, 0.15) is 27.3 Å². The average molecular weight is 429 g/mol. The Morgan fingerprint density at radius 2 is 2.09 bits per heavy atom. The second-order valence-corrected chi connectivity index (χ2v) is 7.76. The van der Waals surface area contributed by atoms with Crippen LogP contribution in [0.4, 0.5) is 5.82 Å². The van der Waals surface area contributed by atoms with Gasteiger partial charge in [-0.1, -0.05) is 6.07 Å². The Balaban J connectivity index is 1.39. The van der Waals surface area contributed by atoms with Gasteiger partial charge in [-0.15, -0.1) is 0 Å². The predicted octanol–water partition coefficient (Wildman–Crippen LogP) is 3.49. The summed E-state index contributed by atoms with van der Waals surface area (Å²) >= 11 is 0. The lowest BCUT2D eigenvalue weighted by Gasteiger charge is -2.07. The highest BCUT2D eigenvalue weighted by Crippen LogP contribution is 2.31. The summed E-state index contributed by atoms with van der Waals surface area (Å²) in [5, 5.41) is 4.37. The first kappa shape index (κ1) is 20.0. The number of Topliss-reactive ketones (excluding diaryl/α,β-unsaturated/α-hetero) is 1. The van der Waals surface area contributed by atoms with Crippen molar-refractivity contribution in [3.05, 3.63) is 70.7 Å². The molecule has 2 heterocycles. The minimum atomic E-state index is -0.120. The number of ether oxygens (including phenoxy) is 2. The Labute approximate surface area is 184 Å². The summed E-state index contributed by atoms with van der Waals surface area (Å²) in [5.74, 6) is 1.78. The molecule has 5 rings (SSSR count). The normalized spacial score (nSPS) is 12.8. The zero-order valence-electron chi connectivity index (χ0n) is 17.9. The number of fused-ring (bicyclic) bond motifs is 2. The van der Waals surface area contributed by atoms with Gasteiger partial charge in [-0.3, -0.25) is 4.79 Å². The zero-order valence-corrected chi connectivity index (χ0v) is 17.9. The van der Waals surface area contributed by atoms with E-state index < -0.39 is 0 Å². The van der Waals surface area contributed by atoms with Gasteiger partial charge < -0.3 is 20.2 Å². The summed E-state index contributed by atoms with van der Waals surface area (Å²) < 4.78 is 12.3. The topological polar surface area (TPSA) is 108 Å². The zero-order chi connectivity index (χ0) is 22.2. The first-order chi connectivity index (χ1) is 15.5. The number of anilines is 1. The summed E-state index contributed by atoms with van der Waals surface area (Å²) in [5.41, 5.74) is 12.0. The highest BCUT2D eigenvalue weighted by atomic mass is 16.5. The molecule has 0 atom stereocenters. The fourth-order valence-electron chi connectivity index (χ4n) is 3.96. The van der Waals surface area contributed by atoms with Crippen LogP contribution in [-0.4, -0.2) is 45.9 Å². The Bertz CT molecular complexity index is 1370. The van der Waals surface area contributed by atoms with Crippen molar-refractivity contribution < 1.29 is 14.3 Å². The second-order valence-electron chi connectivity index (χ2n) is 7.76. The lowest BCUT2D eigenvalue weighted by atomic mass is 10.0. The van der Waals surface area contributed by atoms with E-state index in [-0.39, 0.29) is 5.78 Å². The third-order valence-electron chi connectivity index (χ3n) is 5.56. The van der Waals surface area contributed by atoms with E-state index in [0.717, 1.165) is 39.4 Å². The number of imidazole rings is 1. The van der Waals surface area contributed by atoms with E-state index in [4.69, 9.17) is 15.2 Å². The van der Waals surface area contributed by atoms with Gasteiger partial charge in [0.15, 0.2) is 5.78 Å². The van der Waals surface area contributed by atoms with E-state index in [9.17, 15) is 4.79 Å². The van der Waals surface area contributed by atoms with E-state index >= 15 is 0 Å². The van der Waals surface area contributed by atoms with Crippen molar-refractivity contribution in [3.63, 3.8) is 0 Å². The minimum absolute atomic E-state index is 0.120. The molecule has 0 saturated heterocycles.